The fourth-order valence-electron chi connectivity index (χ4n) is 4.75. The van der Waals surface area contributed by atoms with E-state index in [1.807, 2.05) is 0 Å². The van der Waals surface area contributed by atoms with Gasteiger partial charge >= 0.3 is 0 Å². The van der Waals surface area contributed by atoms with E-state index >= 15 is 0 Å². The first-order valence-corrected chi connectivity index (χ1v) is 6.16. The molecule has 16 heavy (non-hydrogen) atoms. The van der Waals surface area contributed by atoms with Gasteiger partial charge in [-0.3, -0.25) is 0 Å². The SMILES string of the molecule is O/N=C(\C=N\O)C12CC3CC(CC(C3)C1)C2. The maximum absolute atomic E-state index is 9.10. The third-order valence-electron chi connectivity index (χ3n) is 4.87. The van der Waals surface area contributed by atoms with Crippen molar-refractivity contribution in [2.24, 2.45) is 33.5 Å². The lowest BCUT2D eigenvalue weighted by Crippen LogP contribution is -2.50. The fraction of sp³-hybridized carbons (Fsp3) is 0.833. The van der Waals surface area contributed by atoms with Crippen LogP contribution in [0, 0.1) is 23.2 Å². The molecule has 0 aliphatic heterocycles. The van der Waals surface area contributed by atoms with Crippen molar-refractivity contribution in [3.63, 3.8) is 0 Å². The second kappa shape index (κ2) is 3.47. The van der Waals surface area contributed by atoms with Crippen LogP contribution >= 0.6 is 0 Å². The quantitative estimate of drug-likeness (QED) is 0.428. The average molecular weight is 222 g/mol. The predicted octanol–water partition coefficient (Wildman–Crippen LogP) is 2.49. The maximum atomic E-state index is 9.10. The van der Waals surface area contributed by atoms with Crippen LogP contribution in [-0.2, 0) is 0 Å². The number of hydrogen-bond acceptors (Lipinski definition) is 4. The van der Waals surface area contributed by atoms with Crippen molar-refractivity contribution in [2.75, 3.05) is 0 Å². The summed E-state index contributed by atoms with van der Waals surface area (Å²) in [6.45, 7) is 0. The zero-order chi connectivity index (χ0) is 11.2. The fourth-order valence-corrected chi connectivity index (χ4v) is 4.75. The Balaban J connectivity index is 1.93. The van der Waals surface area contributed by atoms with Gasteiger partial charge in [0.15, 0.2) is 0 Å². The lowest BCUT2D eigenvalue weighted by atomic mass is 9.48. The van der Waals surface area contributed by atoms with E-state index in [1.54, 1.807) is 0 Å². The van der Waals surface area contributed by atoms with Gasteiger partial charge in [0, 0.05) is 5.41 Å². The van der Waals surface area contributed by atoms with Gasteiger partial charge in [-0.2, -0.15) is 0 Å². The summed E-state index contributed by atoms with van der Waals surface area (Å²) in [5.41, 5.74) is 0.601. The molecule has 88 valence electrons. The summed E-state index contributed by atoms with van der Waals surface area (Å²) in [5.74, 6) is 2.40. The second-order valence-corrected chi connectivity index (χ2v) is 5.93. The standard InChI is InChI=1S/C12H18N2O2/c15-13-7-11(14-16)12-4-8-1-9(5-12)3-10(2-8)6-12/h7-10,15-16H,1-6H2/b13-7+,14-11+. The molecule has 4 heteroatoms. The first kappa shape index (κ1) is 10.1. The summed E-state index contributed by atoms with van der Waals surface area (Å²) in [5, 5.41) is 24.2. The molecule has 0 aromatic rings. The van der Waals surface area contributed by atoms with Crippen LogP contribution in [0.15, 0.2) is 10.3 Å². The van der Waals surface area contributed by atoms with Crippen molar-refractivity contribution in [2.45, 2.75) is 38.5 Å². The molecule has 4 nitrogen and oxygen atoms in total. The molecule has 4 fully saturated rings. The van der Waals surface area contributed by atoms with Crippen LogP contribution in [0.2, 0.25) is 0 Å². The highest BCUT2D eigenvalue weighted by Gasteiger charge is 2.53. The predicted molar refractivity (Wildman–Crippen MR) is 60.1 cm³/mol. The molecular weight excluding hydrogens is 204 g/mol. The molecule has 4 aliphatic rings. The lowest BCUT2D eigenvalue weighted by molar-refractivity contribution is -0.0124. The van der Waals surface area contributed by atoms with E-state index in [1.165, 1.54) is 25.5 Å². The number of nitrogens with zero attached hydrogens (tertiary/aromatic N) is 2. The summed E-state index contributed by atoms with van der Waals surface area (Å²) in [7, 11) is 0. The average Bonchev–Trinajstić information content (AvgIpc) is 2.23. The first-order chi connectivity index (χ1) is 7.75. The Morgan fingerprint density at radius 3 is 1.88 bits per heavy atom. The van der Waals surface area contributed by atoms with Gasteiger partial charge in [0.1, 0.15) is 5.71 Å². The molecule has 4 saturated carbocycles. The van der Waals surface area contributed by atoms with Gasteiger partial charge in [-0.25, -0.2) is 0 Å². The highest BCUT2D eigenvalue weighted by molar-refractivity contribution is 6.32. The van der Waals surface area contributed by atoms with Crippen LogP contribution in [0.3, 0.4) is 0 Å². The van der Waals surface area contributed by atoms with Crippen LogP contribution in [0.25, 0.3) is 0 Å². The van der Waals surface area contributed by atoms with E-state index in [4.69, 9.17) is 10.4 Å². The minimum absolute atomic E-state index is 0.00965. The molecule has 4 aliphatic carbocycles. The molecule has 4 rings (SSSR count). The number of oxime groups is 2. The van der Waals surface area contributed by atoms with Gasteiger partial charge in [-0.1, -0.05) is 10.3 Å². The minimum Gasteiger partial charge on any atom is -0.411 e. The van der Waals surface area contributed by atoms with E-state index in [0.29, 0.717) is 5.71 Å². The Morgan fingerprint density at radius 1 is 1.00 bits per heavy atom. The molecule has 0 unspecified atom stereocenters. The van der Waals surface area contributed by atoms with E-state index in [2.05, 4.69) is 10.3 Å². The Morgan fingerprint density at radius 2 is 1.50 bits per heavy atom. The van der Waals surface area contributed by atoms with Crippen LogP contribution in [-0.4, -0.2) is 22.3 Å². The molecule has 0 heterocycles. The smallest absolute Gasteiger partial charge is 0.107 e. The van der Waals surface area contributed by atoms with Crippen molar-refractivity contribution in [3.8, 4) is 0 Å². The maximum Gasteiger partial charge on any atom is 0.107 e. The summed E-state index contributed by atoms with van der Waals surface area (Å²) in [6, 6.07) is 0. The molecule has 0 aromatic heterocycles. The monoisotopic (exact) mass is 222 g/mol. The summed E-state index contributed by atoms with van der Waals surface area (Å²) in [6.07, 6.45) is 8.74. The van der Waals surface area contributed by atoms with Crippen LogP contribution in [0.5, 0.6) is 0 Å². The Hall–Kier alpha value is -1.06. The van der Waals surface area contributed by atoms with Crippen LogP contribution in [0.1, 0.15) is 38.5 Å². The minimum atomic E-state index is 0.00965. The highest BCUT2D eigenvalue weighted by atomic mass is 16.4. The Labute approximate surface area is 95.0 Å². The van der Waals surface area contributed by atoms with Gasteiger partial charge in [-0.15, -0.1) is 0 Å². The van der Waals surface area contributed by atoms with Crippen molar-refractivity contribution in [1.82, 2.24) is 0 Å². The molecule has 0 spiro atoms. The van der Waals surface area contributed by atoms with Gasteiger partial charge in [0.25, 0.3) is 0 Å². The molecule has 0 saturated heterocycles. The normalized spacial score (nSPS) is 46.8. The van der Waals surface area contributed by atoms with E-state index < -0.39 is 0 Å². The molecule has 4 bridgehead atoms. The third kappa shape index (κ3) is 1.35. The summed E-state index contributed by atoms with van der Waals surface area (Å²) in [4.78, 5) is 0. The molecule has 0 atom stereocenters. The largest absolute Gasteiger partial charge is 0.411 e. The number of hydrogen-bond donors (Lipinski definition) is 2. The highest BCUT2D eigenvalue weighted by Crippen LogP contribution is 2.60. The van der Waals surface area contributed by atoms with Gasteiger partial charge in [0.2, 0.25) is 0 Å². The molecular formula is C12H18N2O2. The second-order valence-electron chi connectivity index (χ2n) is 5.93. The van der Waals surface area contributed by atoms with Crippen LogP contribution in [0.4, 0.5) is 0 Å². The molecule has 2 N–H and O–H groups in total. The van der Waals surface area contributed by atoms with E-state index in [-0.39, 0.29) is 5.41 Å². The van der Waals surface area contributed by atoms with E-state index in [0.717, 1.165) is 37.0 Å². The van der Waals surface area contributed by atoms with Crippen LogP contribution < -0.4 is 0 Å². The zero-order valence-electron chi connectivity index (χ0n) is 9.34. The van der Waals surface area contributed by atoms with Gasteiger partial charge in [0.05, 0.1) is 6.21 Å². The van der Waals surface area contributed by atoms with Crippen molar-refractivity contribution in [3.05, 3.63) is 0 Å². The van der Waals surface area contributed by atoms with Crippen molar-refractivity contribution < 1.29 is 10.4 Å². The van der Waals surface area contributed by atoms with E-state index in [9.17, 15) is 0 Å². The molecule has 0 amide bonds. The first-order valence-electron chi connectivity index (χ1n) is 6.16. The topological polar surface area (TPSA) is 65.2 Å². The van der Waals surface area contributed by atoms with Gasteiger partial charge < -0.3 is 10.4 Å². The number of rotatable bonds is 2. The molecule has 0 radical (unpaired) electrons. The summed E-state index contributed by atoms with van der Waals surface area (Å²) < 4.78 is 0. The molecule has 0 aromatic carbocycles. The lowest BCUT2D eigenvalue weighted by Gasteiger charge is -2.56. The Kier molecular flexibility index (Phi) is 2.19. The third-order valence-corrected chi connectivity index (χ3v) is 4.87. The summed E-state index contributed by atoms with van der Waals surface area (Å²) >= 11 is 0. The van der Waals surface area contributed by atoms with Crippen molar-refractivity contribution >= 4 is 11.9 Å². The zero-order valence-corrected chi connectivity index (χ0v) is 9.34. The van der Waals surface area contributed by atoms with Gasteiger partial charge in [-0.05, 0) is 56.3 Å². The van der Waals surface area contributed by atoms with Crippen molar-refractivity contribution in [1.29, 1.82) is 0 Å². The Bertz CT molecular complexity index is 314.